The van der Waals surface area contributed by atoms with Crippen LogP contribution in [0.1, 0.15) is 22.2 Å². The van der Waals surface area contributed by atoms with Crippen molar-refractivity contribution < 1.29 is 49.6 Å². The number of aromatic hydroxyl groups is 1. The van der Waals surface area contributed by atoms with Gasteiger partial charge in [0.25, 0.3) is 0 Å². The minimum Gasteiger partial charge on any atom is -0.504 e. The Balaban J connectivity index is 1.73. The number of ether oxygens (including phenoxy) is 3. The van der Waals surface area contributed by atoms with E-state index in [0.717, 1.165) is 0 Å². The van der Waals surface area contributed by atoms with Crippen molar-refractivity contribution in [2.45, 2.75) is 37.0 Å². The summed E-state index contributed by atoms with van der Waals surface area (Å²) in [5.74, 6) is -1.41. The molecule has 10 nitrogen and oxygen atoms in total. The molecule has 0 radical (unpaired) electrons. The Kier molecular flexibility index (Phi) is 5.64. The highest BCUT2D eigenvalue weighted by Gasteiger charge is 2.45. The molecule has 0 saturated carbocycles. The molecule has 5 rings (SSSR count). The van der Waals surface area contributed by atoms with Crippen LogP contribution in [0, 0.1) is 0 Å². The molecule has 1 saturated heterocycles. The maximum Gasteiger partial charge on any atom is 0.341 e. The second-order valence-corrected chi connectivity index (χ2v) is 8.16. The lowest BCUT2D eigenvalue weighted by molar-refractivity contribution is -0.277. The van der Waals surface area contributed by atoms with Gasteiger partial charge in [-0.05, 0) is 23.3 Å². The van der Waals surface area contributed by atoms with Crippen LogP contribution in [0.25, 0.3) is 21.9 Å². The van der Waals surface area contributed by atoms with E-state index in [1.807, 2.05) is 6.07 Å². The molecule has 0 bridgehead atoms. The molecule has 2 aliphatic heterocycles. The number of phenols is 1. The van der Waals surface area contributed by atoms with Crippen molar-refractivity contribution in [2.75, 3.05) is 6.61 Å². The molecule has 1 unspecified atom stereocenters. The summed E-state index contributed by atoms with van der Waals surface area (Å²) in [4.78, 5) is 12.5. The minimum atomic E-state index is -1.72. The number of hydrogen-bond donors (Lipinski definition) is 6. The zero-order chi connectivity index (χ0) is 24.1. The maximum absolute atomic E-state index is 12.5. The van der Waals surface area contributed by atoms with Crippen molar-refractivity contribution in [3.05, 3.63) is 59.7 Å². The van der Waals surface area contributed by atoms with Gasteiger partial charge in [-0.3, -0.25) is 0 Å². The van der Waals surface area contributed by atoms with Gasteiger partial charge >= 0.3 is 5.97 Å². The first-order valence-electron chi connectivity index (χ1n) is 10.6. The molecule has 3 aromatic rings. The molecule has 3 aromatic carbocycles. The molecule has 6 N–H and O–H groups in total. The van der Waals surface area contributed by atoms with E-state index in [4.69, 9.17) is 14.2 Å². The number of phenolic OH excluding ortho intramolecular Hbond substituents is 1. The Hall–Kier alpha value is -3.25. The predicted octanol–water partition coefficient (Wildman–Crippen LogP) is 0.552. The van der Waals surface area contributed by atoms with Gasteiger partial charge in [-0.15, -0.1) is 0 Å². The van der Waals surface area contributed by atoms with E-state index >= 15 is 0 Å². The lowest BCUT2D eigenvalue weighted by Gasteiger charge is -2.39. The van der Waals surface area contributed by atoms with Crippen molar-refractivity contribution in [2.24, 2.45) is 0 Å². The van der Waals surface area contributed by atoms with Gasteiger partial charge in [0.1, 0.15) is 24.4 Å². The molecule has 178 valence electrons. The van der Waals surface area contributed by atoms with E-state index in [2.05, 4.69) is 0 Å². The Morgan fingerprint density at radius 3 is 2.29 bits per heavy atom. The Bertz CT molecular complexity index is 1240. The SMILES string of the molecule is O=C1OC(O)c2cc(O)c(O[C@@H]3O[C@H](CO)[C@@H](O)[C@H](O)[C@H]3O)c3c(-c4ccccc4)ccc1c23. The van der Waals surface area contributed by atoms with E-state index in [9.17, 15) is 35.4 Å². The van der Waals surface area contributed by atoms with Gasteiger partial charge in [0, 0.05) is 16.3 Å². The standard InChI is InChI=1S/C24H22O10/c25-9-15-18(27)19(28)20(29)24(32-15)33-21-14(26)8-13-16-12(22(30)34-23(13)31)7-6-11(17(16)21)10-4-2-1-3-5-10/h1-8,15,18-20,23-29,31H,9H2/t15-,18-,19+,20-,23?,24+/m1/s1. The summed E-state index contributed by atoms with van der Waals surface area (Å²) in [6.45, 7) is -0.659. The van der Waals surface area contributed by atoms with Crippen molar-refractivity contribution in [3.8, 4) is 22.6 Å². The smallest absolute Gasteiger partial charge is 0.341 e. The van der Waals surface area contributed by atoms with Gasteiger partial charge in [0.15, 0.2) is 11.5 Å². The Morgan fingerprint density at radius 2 is 1.59 bits per heavy atom. The summed E-state index contributed by atoms with van der Waals surface area (Å²) in [7, 11) is 0. The highest BCUT2D eigenvalue weighted by Crippen LogP contribution is 2.48. The predicted molar refractivity (Wildman–Crippen MR) is 116 cm³/mol. The van der Waals surface area contributed by atoms with Crippen LogP contribution >= 0.6 is 0 Å². The van der Waals surface area contributed by atoms with Crippen molar-refractivity contribution in [1.29, 1.82) is 0 Å². The van der Waals surface area contributed by atoms with Crippen LogP contribution in [-0.4, -0.2) is 73.9 Å². The van der Waals surface area contributed by atoms with Crippen molar-refractivity contribution in [3.63, 3.8) is 0 Å². The molecule has 0 amide bonds. The quantitative estimate of drug-likeness (QED) is 0.297. The molecule has 10 heteroatoms. The molecular weight excluding hydrogens is 448 g/mol. The number of carbonyl (C=O) groups is 1. The zero-order valence-corrected chi connectivity index (χ0v) is 17.6. The van der Waals surface area contributed by atoms with Crippen LogP contribution in [-0.2, 0) is 9.47 Å². The first kappa shape index (κ1) is 22.5. The highest BCUT2D eigenvalue weighted by molar-refractivity contribution is 6.14. The molecule has 0 aliphatic carbocycles. The third-order valence-corrected chi connectivity index (χ3v) is 6.12. The van der Waals surface area contributed by atoms with Crippen LogP contribution in [0.5, 0.6) is 11.5 Å². The van der Waals surface area contributed by atoms with Gasteiger partial charge in [0.05, 0.1) is 12.2 Å². The zero-order valence-electron chi connectivity index (χ0n) is 17.6. The monoisotopic (exact) mass is 470 g/mol. The highest BCUT2D eigenvalue weighted by atomic mass is 16.7. The molecule has 2 heterocycles. The molecule has 1 fully saturated rings. The molecule has 2 aliphatic rings. The fourth-order valence-corrected chi connectivity index (χ4v) is 4.40. The van der Waals surface area contributed by atoms with Crippen molar-refractivity contribution in [1.82, 2.24) is 0 Å². The Morgan fingerprint density at radius 1 is 0.882 bits per heavy atom. The molecule has 0 aromatic heterocycles. The third-order valence-electron chi connectivity index (χ3n) is 6.12. The number of carbonyl (C=O) groups excluding carboxylic acids is 1. The first-order chi connectivity index (χ1) is 16.3. The van der Waals surface area contributed by atoms with E-state index in [1.165, 1.54) is 12.1 Å². The summed E-state index contributed by atoms with van der Waals surface area (Å²) in [6, 6.07) is 13.4. The Labute approximate surface area is 192 Å². The number of esters is 1. The summed E-state index contributed by atoms with van der Waals surface area (Å²) in [6.07, 6.45) is -9.43. The van der Waals surface area contributed by atoms with Crippen LogP contribution in [0.4, 0.5) is 0 Å². The normalized spacial score (nSPS) is 28.6. The molecule has 34 heavy (non-hydrogen) atoms. The van der Waals surface area contributed by atoms with E-state index in [0.29, 0.717) is 11.1 Å². The van der Waals surface area contributed by atoms with Gasteiger partial charge in [-0.25, -0.2) is 4.79 Å². The summed E-state index contributed by atoms with van der Waals surface area (Å²) in [5, 5.41) is 61.9. The van der Waals surface area contributed by atoms with Crippen LogP contribution in [0.15, 0.2) is 48.5 Å². The van der Waals surface area contributed by atoms with E-state index in [-0.39, 0.29) is 27.6 Å². The van der Waals surface area contributed by atoms with Gasteiger partial charge < -0.3 is 44.8 Å². The van der Waals surface area contributed by atoms with Gasteiger partial charge in [-0.2, -0.15) is 0 Å². The lowest BCUT2D eigenvalue weighted by Crippen LogP contribution is -2.60. The van der Waals surface area contributed by atoms with Crippen LogP contribution < -0.4 is 4.74 Å². The van der Waals surface area contributed by atoms with E-state index < -0.39 is 55.3 Å². The number of hydrogen-bond acceptors (Lipinski definition) is 10. The fraction of sp³-hybridized carbons (Fsp3) is 0.292. The van der Waals surface area contributed by atoms with Crippen LogP contribution in [0.3, 0.4) is 0 Å². The third kappa shape index (κ3) is 3.48. The first-order valence-corrected chi connectivity index (χ1v) is 10.6. The average Bonchev–Trinajstić information content (AvgIpc) is 2.84. The number of benzene rings is 3. The largest absolute Gasteiger partial charge is 0.504 e. The van der Waals surface area contributed by atoms with Gasteiger partial charge in [-0.1, -0.05) is 36.4 Å². The molecular formula is C24H22O10. The number of aliphatic hydroxyl groups excluding tert-OH is 5. The lowest BCUT2D eigenvalue weighted by atomic mass is 9.89. The van der Waals surface area contributed by atoms with Crippen LogP contribution in [0.2, 0.25) is 0 Å². The average molecular weight is 470 g/mol. The van der Waals surface area contributed by atoms with E-state index in [1.54, 1.807) is 30.3 Å². The summed E-state index contributed by atoms with van der Waals surface area (Å²) in [5.41, 5.74) is 1.52. The molecule has 0 spiro atoms. The number of cyclic esters (lactones) is 1. The fourth-order valence-electron chi connectivity index (χ4n) is 4.40. The summed E-state index contributed by atoms with van der Waals surface area (Å²) < 4.78 is 16.3. The molecule has 6 atom stereocenters. The topological polar surface area (TPSA) is 166 Å². The minimum absolute atomic E-state index is 0.133. The summed E-state index contributed by atoms with van der Waals surface area (Å²) >= 11 is 0. The van der Waals surface area contributed by atoms with Gasteiger partial charge in [0.2, 0.25) is 12.6 Å². The number of rotatable bonds is 4. The second kappa shape index (κ2) is 8.51. The second-order valence-electron chi connectivity index (χ2n) is 8.16. The maximum atomic E-state index is 12.5. The number of aliphatic hydroxyl groups is 5. The van der Waals surface area contributed by atoms with Crippen molar-refractivity contribution >= 4 is 16.7 Å².